The Kier molecular flexibility index (Phi) is 6.13. The molecule has 1 aromatic heterocycles. The molecule has 27 heavy (non-hydrogen) atoms. The Morgan fingerprint density at radius 2 is 1.74 bits per heavy atom. The Balaban J connectivity index is 1.90. The lowest BCUT2D eigenvalue weighted by Gasteiger charge is -2.17. The van der Waals surface area contributed by atoms with Crippen molar-refractivity contribution in [3.05, 3.63) is 42.0 Å². The van der Waals surface area contributed by atoms with E-state index in [9.17, 15) is 4.55 Å². The van der Waals surface area contributed by atoms with Crippen LogP contribution in [0.25, 0.3) is 11.0 Å². The second-order valence-electron chi connectivity index (χ2n) is 6.24. The van der Waals surface area contributed by atoms with Gasteiger partial charge in [-0.25, -0.2) is 0 Å². The highest BCUT2D eigenvalue weighted by atomic mass is 32.2. The summed E-state index contributed by atoms with van der Waals surface area (Å²) in [6.07, 6.45) is 0. The number of imidazole rings is 1. The molecule has 144 valence electrons. The van der Waals surface area contributed by atoms with Crippen LogP contribution < -0.4 is 14.4 Å². The van der Waals surface area contributed by atoms with Gasteiger partial charge in [0.25, 0.3) is 0 Å². The largest absolute Gasteiger partial charge is 0.609 e. The third-order valence-corrected chi connectivity index (χ3v) is 5.30. The maximum atomic E-state index is 12.9. The first-order valence-corrected chi connectivity index (χ1v) is 10.3. The fraction of sp³-hybridized carbons (Fsp3) is 0.350. The Bertz CT molecular complexity index is 868. The van der Waals surface area contributed by atoms with E-state index in [-0.39, 0.29) is 0 Å². The van der Waals surface area contributed by atoms with E-state index < -0.39 is 11.2 Å². The molecular weight excluding hydrogens is 362 g/mol. The summed E-state index contributed by atoms with van der Waals surface area (Å²) in [5.74, 6) is 1.70. The van der Waals surface area contributed by atoms with Gasteiger partial charge in [0.1, 0.15) is 5.75 Å². The number of anilines is 1. The normalized spacial score (nSPS) is 12.2. The van der Waals surface area contributed by atoms with Crippen LogP contribution >= 0.6 is 0 Å². The molecule has 0 bridgehead atoms. The number of hydrogen-bond donors (Lipinski definition) is 1. The highest BCUT2D eigenvalue weighted by Gasteiger charge is 2.21. The van der Waals surface area contributed by atoms with Gasteiger partial charge >= 0.3 is 5.16 Å². The number of aromatic amines is 1. The summed E-state index contributed by atoms with van der Waals surface area (Å²) in [6.45, 7) is 4.93. The molecule has 3 rings (SSSR count). The zero-order valence-corrected chi connectivity index (χ0v) is 16.9. The van der Waals surface area contributed by atoms with Crippen molar-refractivity contribution in [2.75, 3.05) is 32.2 Å². The standard InChI is InChI=1S/C20H25N3O3S/c1-5-25-18-11-15-16(12-19(18)26-6-2)22-20(21-15)27(24)13-14-9-7-8-10-17(14)23(3)4/h7-12H,5-6,13H2,1-4H3,(H,21,22). The van der Waals surface area contributed by atoms with Crippen molar-refractivity contribution in [2.45, 2.75) is 24.8 Å². The Hall–Kier alpha value is -2.38. The second-order valence-corrected chi connectivity index (χ2v) is 7.60. The zero-order chi connectivity index (χ0) is 19.4. The minimum atomic E-state index is -1.29. The van der Waals surface area contributed by atoms with Crippen LogP contribution in [0.4, 0.5) is 5.69 Å². The highest BCUT2D eigenvalue weighted by Crippen LogP contribution is 2.33. The van der Waals surface area contributed by atoms with Crippen molar-refractivity contribution in [1.82, 2.24) is 9.97 Å². The lowest BCUT2D eigenvalue weighted by atomic mass is 10.2. The third-order valence-electron chi connectivity index (χ3n) is 4.10. The lowest BCUT2D eigenvalue weighted by molar-refractivity contribution is 0.288. The molecule has 0 aliphatic heterocycles. The number of ether oxygens (including phenoxy) is 2. The first-order chi connectivity index (χ1) is 13.0. The molecule has 7 heteroatoms. The molecule has 1 N–H and O–H groups in total. The average molecular weight is 388 g/mol. The van der Waals surface area contributed by atoms with Gasteiger partial charge in [-0.2, -0.15) is 4.98 Å². The smallest absolute Gasteiger partial charge is 0.321 e. The van der Waals surface area contributed by atoms with Gasteiger partial charge in [0.15, 0.2) is 11.5 Å². The minimum absolute atomic E-state index is 0.394. The SMILES string of the molecule is CCOc1cc2nc([S+]([O-])Cc3ccccc3N(C)C)[nH]c2cc1OCC. The number of rotatable bonds is 8. The van der Waals surface area contributed by atoms with E-state index in [1.165, 1.54) is 0 Å². The molecular formula is C20H25N3O3S. The van der Waals surface area contributed by atoms with Gasteiger partial charge in [0.05, 0.1) is 24.2 Å². The van der Waals surface area contributed by atoms with Crippen LogP contribution in [0.15, 0.2) is 41.6 Å². The van der Waals surface area contributed by atoms with Crippen LogP contribution in [0.5, 0.6) is 11.5 Å². The summed E-state index contributed by atoms with van der Waals surface area (Å²) >= 11 is -1.29. The maximum Gasteiger partial charge on any atom is 0.321 e. The molecule has 1 heterocycles. The first kappa shape index (κ1) is 19.4. The molecule has 1 atom stereocenters. The van der Waals surface area contributed by atoms with E-state index in [0.29, 0.717) is 41.1 Å². The first-order valence-electron chi connectivity index (χ1n) is 8.96. The van der Waals surface area contributed by atoms with Crippen LogP contribution in [-0.2, 0) is 16.9 Å². The predicted molar refractivity (Wildman–Crippen MR) is 109 cm³/mol. The van der Waals surface area contributed by atoms with Crippen molar-refractivity contribution in [2.24, 2.45) is 0 Å². The van der Waals surface area contributed by atoms with E-state index in [1.807, 2.05) is 69.2 Å². The molecule has 0 aliphatic rings. The molecule has 0 fully saturated rings. The lowest BCUT2D eigenvalue weighted by Crippen LogP contribution is -2.14. The van der Waals surface area contributed by atoms with E-state index >= 15 is 0 Å². The monoisotopic (exact) mass is 387 g/mol. The molecule has 3 aromatic rings. The van der Waals surface area contributed by atoms with Gasteiger partial charge < -0.3 is 18.9 Å². The summed E-state index contributed by atoms with van der Waals surface area (Å²) in [7, 11) is 3.96. The van der Waals surface area contributed by atoms with Crippen molar-refractivity contribution in [1.29, 1.82) is 0 Å². The van der Waals surface area contributed by atoms with E-state index in [1.54, 1.807) is 0 Å². The van der Waals surface area contributed by atoms with Gasteiger partial charge in [-0.3, -0.25) is 4.98 Å². The number of nitrogens with one attached hydrogen (secondary N) is 1. The molecule has 6 nitrogen and oxygen atoms in total. The topological polar surface area (TPSA) is 73.4 Å². The summed E-state index contributed by atoms with van der Waals surface area (Å²) in [5, 5.41) is 0.453. The Morgan fingerprint density at radius 3 is 2.41 bits per heavy atom. The van der Waals surface area contributed by atoms with Crippen LogP contribution in [-0.4, -0.2) is 41.8 Å². The average Bonchev–Trinajstić information content (AvgIpc) is 3.06. The summed E-state index contributed by atoms with van der Waals surface area (Å²) in [5.41, 5.74) is 3.57. The molecule has 0 saturated heterocycles. The molecule has 0 radical (unpaired) electrons. The zero-order valence-electron chi connectivity index (χ0n) is 16.1. The number of nitrogens with zero attached hydrogens (tertiary/aromatic N) is 2. The van der Waals surface area contributed by atoms with Crippen molar-refractivity contribution in [3.8, 4) is 11.5 Å². The van der Waals surface area contributed by atoms with Crippen LogP contribution in [0.2, 0.25) is 0 Å². The van der Waals surface area contributed by atoms with Gasteiger partial charge in [0, 0.05) is 48.7 Å². The van der Waals surface area contributed by atoms with Crippen molar-refractivity contribution in [3.63, 3.8) is 0 Å². The molecule has 0 saturated carbocycles. The van der Waals surface area contributed by atoms with E-state index in [2.05, 4.69) is 9.97 Å². The predicted octanol–water partition coefficient (Wildman–Crippen LogP) is 3.73. The van der Waals surface area contributed by atoms with E-state index in [4.69, 9.17) is 9.47 Å². The highest BCUT2D eigenvalue weighted by molar-refractivity contribution is 7.90. The van der Waals surface area contributed by atoms with Crippen LogP contribution in [0, 0.1) is 0 Å². The summed E-state index contributed by atoms with van der Waals surface area (Å²) in [6, 6.07) is 11.6. The van der Waals surface area contributed by atoms with Gasteiger partial charge in [0.2, 0.25) is 0 Å². The summed E-state index contributed by atoms with van der Waals surface area (Å²) < 4.78 is 24.2. The fourth-order valence-electron chi connectivity index (χ4n) is 2.92. The fourth-order valence-corrected chi connectivity index (χ4v) is 4.00. The number of para-hydroxylation sites is 1. The van der Waals surface area contributed by atoms with Gasteiger partial charge in [-0.15, -0.1) is 0 Å². The molecule has 0 spiro atoms. The number of hydrogen-bond acceptors (Lipinski definition) is 5. The number of H-pyrrole nitrogens is 1. The maximum absolute atomic E-state index is 12.9. The number of benzene rings is 2. The number of fused-ring (bicyclic) bond motifs is 1. The number of aromatic nitrogens is 2. The van der Waals surface area contributed by atoms with Crippen LogP contribution in [0.1, 0.15) is 19.4 Å². The third kappa shape index (κ3) is 4.31. The van der Waals surface area contributed by atoms with Crippen molar-refractivity contribution < 1.29 is 14.0 Å². The molecule has 2 aromatic carbocycles. The summed E-state index contributed by atoms with van der Waals surface area (Å²) in [4.78, 5) is 9.72. The van der Waals surface area contributed by atoms with Gasteiger partial charge in [-0.1, -0.05) is 18.2 Å². The van der Waals surface area contributed by atoms with E-state index in [0.717, 1.165) is 16.8 Å². The molecule has 1 unspecified atom stereocenters. The second kappa shape index (κ2) is 8.54. The quantitative estimate of drug-likeness (QED) is 0.596. The van der Waals surface area contributed by atoms with Crippen molar-refractivity contribution >= 4 is 27.9 Å². The van der Waals surface area contributed by atoms with Gasteiger partial charge in [-0.05, 0) is 19.9 Å². The Labute approximate surface area is 162 Å². The van der Waals surface area contributed by atoms with Crippen LogP contribution in [0.3, 0.4) is 0 Å². The molecule has 0 amide bonds. The Morgan fingerprint density at radius 1 is 1.07 bits per heavy atom. The minimum Gasteiger partial charge on any atom is -0.609 e. The molecule has 0 aliphatic carbocycles.